The third-order valence-corrected chi connectivity index (χ3v) is 8.32. The van der Waals surface area contributed by atoms with E-state index in [0.717, 1.165) is 5.56 Å². The number of halogens is 1. The number of aryl methyl sites for hydroxylation is 1. The number of hydrogen-bond acceptors (Lipinski definition) is 5. The zero-order chi connectivity index (χ0) is 25.9. The first-order valence-electron chi connectivity index (χ1n) is 10.9. The Morgan fingerprint density at radius 3 is 2.83 bits per heavy atom. The summed E-state index contributed by atoms with van der Waals surface area (Å²) in [5.41, 5.74) is 2.71. The molecule has 4 rings (SSSR count). The van der Waals surface area contributed by atoms with E-state index in [1.54, 1.807) is 48.5 Å². The normalized spacial score (nSPS) is 12.9. The van der Waals surface area contributed by atoms with Crippen molar-refractivity contribution in [1.82, 2.24) is 10.3 Å². The number of fused-ring (bicyclic) bond motifs is 1. The van der Waals surface area contributed by atoms with Gasteiger partial charge in [0, 0.05) is 52.6 Å². The topological polar surface area (TPSA) is 122 Å². The van der Waals surface area contributed by atoms with Gasteiger partial charge in [0.1, 0.15) is 5.69 Å². The second-order valence-electron chi connectivity index (χ2n) is 8.09. The fourth-order valence-electron chi connectivity index (χ4n) is 4.01. The van der Waals surface area contributed by atoms with Crippen LogP contribution in [0.4, 0.5) is 0 Å². The molecule has 1 amide bonds. The van der Waals surface area contributed by atoms with Gasteiger partial charge in [-0.15, -0.1) is 0 Å². The molecule has 0 saturated carbocycles. The Morgan fingerprint density at radius 1 is 1.31 bits per heavy atom. The van der Waals surface area contributed by atoms with Gasteiger partial charge < -0.3 is 20.0 Å². The van der Waals surface area contributed by atoms with E-state index in [9.17, 15) is 14.6 Å². The van der Waals surface area contributed by atoms with Crippen LogP contribution >= 0.6 is 19.0 Å². The highest BCUT2D eigenvalue weighted by atomic mass is 35.5. The van der Waals surface area contributed by atoms with E-state index >= 15 is 0 Å². The molecule has 2 aromatic heterocycles. The summed E-state index contributed by atoms with van der Waals surface area (Å²) in [7, 11) is -2.50. The van der Waals surface area contributed by atoms with Crippen molar-refractivity contribution in [1.29, 1.82) is 5.26 Å². The monoisotopic (exact) mass is 520 g/mol. The molecule has 0 radical (unpaired) electrons. The highest BCUT2D eigenvalue weighted by Crippen LogP contribution is 2.47. The molecule has 4 aromatic rings. The van der Waals surface area contributed by atoms with Gasteiger partial charge in [0.05, 0.1) is 11.4 Å². The molecule has 182 valence electrons. The summed E-state index contributed by atoms with van der Waals surface area (Å²) in [6.07, 6.45) is 5.64. The molecule has 2 heterocycles. The Bertz CT molecular complexity index is 1590. The highest BCUT2D eigenvalue weighted by molar-refractivity contribution is 7.75. The Labute approximate surface area is 212 Å². The zero-order valence-corrected chi connectivity index (χ0v) is 21.1. The number of allylic oxidation sites excluding steroid dienone is 1. The van der Waals surface area contributed by atoms with Gasteiger partial charge in [-0.3, -0.25) is 9.36 Å². The average molecular weight is 521 g/mol. The summed E-state index contributed by atoms with van der Waals surface area (Å²) in [4.78, 5) is 16.4. The van der Waals surface area contributed by atoms with Gasteiger partial charge in [-0.1, -0.05) is 17.7 Å². The highest BCUT2D eigenvalue weighted by Gasteiger charge is 2.36. The minimum atomic E-state index is -3.83. The van der Waals surface area contributed by atoms with E-state index in [4.69, 9.17) is 21.4 Å². The molecule has 0 bridgehead atoms. The number of pyridine rings is 1. The molecule has 1 atom stereocenters. The smallest absolute Gasteiger partial charge is 0.268 e. The first kappa shape index (κ1) is 25.2. The summed E-state index contributed by atoms with van der Waals surface area (Å²) >= 11 is 6.27. The summed E-state index contributed by atoms with van der Waals surface area (Å²) in [6.45, 7) is 1.93. The number of amides is 1. The molecule has 0 spiro atoms. The maximum atomic E-state index is 14.6. The molecule has 0 fully saturated rings. The van der Waals surface area contributed by atoms with Gasteiger partial charge in [0.2, 0.25) is 0 Å². The second kappa shape index (κ2) is 10.4. The maximum absolute atomic E-state index is 14.6. The number of carbonyl (C=O) groups excluding carboxylic acids is 1. The van der Waals surface area contributed by atoms with Crippen molar-refractivity contribution in [2.75, 3.05) is 7.11 Å². The molecule has 10 heteroatoms. The largest absolute Gasteiger partial charge is 0.619 e. The van der Waals surface area contributed by atoms with Crippen LogP contribution in [0.2, 0.25) is 5.02 Å². The van der Waals surface area contributed by atoms with Crippen molar-refractivity contribution in [3.8, 4) is 6.07 Å². The van der Waals surface area contributed by atoms with Crippen molar-refractivity contribution in [3.63, 3.8) is 0 Å². The van der Waals surface area contributed by atoms with Crippen LogP contribution in [0.1, 0.15) is 27.2 Å². The summed E-state index contributed by atoms with van der Waals surface area (Å²) in [5, 5.41) is 24.7. The van der Waals surface area contributed by atoms with Crippen molar-refractivity contribution in [2.24, 2.45) is 0 Å². The molecule has 8 nitrogen and oxygen atoms in total. The van der Waals surface area contributed by atoms with Crippen LogP contribution in [-0.2, 0) is 15.6 Å². The lowest BCUT2D eigenvalue weighted by Gasteiger charge is -2.19. The zero-order valence-electron chi connectivity index (χ0n) is 19.5. The lowest BCUT2D eigenvalue weighted by Crippen LogP contribution is -2.31. The molecule has 2 aromatic carbocycles. The number of benzene rings is 2. The third-order valence-electron chi connectivity index (χ3n) is 5.58. The molecule has 0 aliphatic rings. The van der Waals surface area contributed by atoms with E-state index in [0.29, 0.717) is 37.1 Å². The summed E-state index contributed by atoms with van der Waals surface area (Å²) in [6, 6.07) is 15.5. The van der Waals surface area contributed by atoms with E-state index in [1.807, 2.05) is 19.1 Å². The predicted molar refractivity (Wildman–Crippen MR) is 140 cm³/mol. The molecule has 0 aliphatic carbocycles. The molecule has 1 unspecified atom stereocenters. The number of carbonyl (C=O) groups is 1. The number of nitriles is 1. The second-order valence-corrected chi connectivity index (χ2v) is 11.0. The number of hydrogen-bond donors (Lipinski definition) is 2. The van der Waals surface area contributed by atoms with Gasteiger partial charge in [-0.05, 0) is 60.5 Å². The minimum Gasteiger partial charge on any atom is -0.619 e. The third kappa shape index (κ3) is 5.05. The Kier molecular flexibility index (Phi) is 7.27. The van der Waals surface area contributed by atoms with Gasteiger partial charge >= 0.3 is 0 Å². The van der Waals surface area contributed by atoms with Gasteiger partial charge in [-0.2, -0.15) is 9.99 Å². The molecule has 0 aliphatic heterocycles. The fourth-order valence-corrected chi connectivity index (χ4v) is 6.48. The first-order valence-corrected chi connectivity index (χ1v) is 12.9. The first-order chi connectivity index (χ1) is 17.2. The minimum absolute atomic E-state index is 0.0685. The Morgan fingerprint density at radius 2 is 2.11 bits per heavy atom. The van der Waals surface area contributed by atoms with E-state index in [2.05, 4.69) is 10.3 Å². The number of H-pyrrole nitrogens is 1. The lowest BCUT2D eigenvalue weighted by molar-refractivity contribution is -0.605. The molecule has 36 heavy (non-hydrogen) atoms. The van der Waals surface area contributed by atoms with Crippen molar-refractivity contribution < 1.29 is 18.6 Å². The Balaban J connectivity index is 1.86. The quantitative estimate of drug-likeness (QED) is 0.164. The number of nitrogens with one attached hydrogen (secondary N) is 2. The van der Waals surface area contributed by atoms with Gasteiger partial charge in [-0.25, -0.2) is 0 Å². The van der Waals surface area contributed by atoms with Crippen molar-refractivity contribution in [3.05, 3.63) is 99.6 Å². The van der Waals surface area contributed by atoms with E-state index in [1.165, 1.54) is 25.6 Å². The number of aromatic amines is 1. The number of aromatic nitrogens is 2. The summed E-state index contributed by atoms with van der Waals surface area (Å²) in [5.74, 6) is -0.520. The van der Waals surface area contributed by atoms with Crippen molar-refractivity contribution >= 4 is 52.5 Å². The molecular formula is C26H22ClN4O4P. The van der Waals surface area contributed by atoms with Crippen LogP contribution in [0.3, 0.4) is 0 Å². The van der Waals surface area contributed by atoms with Gasteiger partial charge in [0.15, 0.2) is 12.4 Å². The van der Waals surface area contributed by atoms with Crippen molar-refractivity contribution in [2.45, 2.75) is 13.5 Å². The van der Waals surface area contributed by atoms with E-state index in [-0.39, 0.29) is 17.5 Å². The fraction of sp³-hybridized carbons (Fsp3) is 0.115. The number of nitrogens with zero attached hydrogens (tertiary/aromatic N) is 2. The standard InChI is InChI=1S/C26H22ClN4O4P/c1-17-11-18(5-3-9-28)13-21(12-17)36(34,35-2)25-22-14-20(27)7-8-23(22)30-24(25)26(32)29-15-19-6-4-10-31(33)16-19/h3-8,10-14,16,30H,15H2,1-2H3,(H,29,32). The maximum Gasteiger partial charge on any atom is 0.268 e. The average Bonchev–Trinajstić information content (AvgIpc) is 3.24. The predicted octanol–water partition coefficient (Wildman–Crippen LogP) is 4.11. The van der Waals surface area contributed by atoms with Crippen LogP contribution in [0.15, 0.2) is 67.0 Å². The van der Waals surface area contributed by atoms with Gasteiger partial charge in [0.25, 0.3) is 13.3 Å². The van der Waals surface area contributed by atoms with E-state index < -0.39 is 13.3 Å². The van der Waals surface area contributed by atoms with Crippen LogP contribution in [0.25, 0.3) is 17.0 Å². The Hall–Kier alpha value is -3.89. The van der Waals surface area contributed by atoms with Crippen LogP contribution in [0.5, 0.6) is 0 Å². The van der Waals surface area contributed by atoms with Crippen LogP contribution in [-0.4, -0.2) is 18.0 Å². The van der Waals surface area contributed by atoms with Crippen LogP contribution in [0, 0.1) is 23.5 Å². The molecular weight excluding hydrogens is 499 g/mol. The SMILES string of the molecule is COP(=O)(c1cc(C)cc(C=CC#N)c1)c1c(C(=O)NCc2ccc[n+]([O-])c2)[nH]c2ccc(Cl)cc12. The number of rotatable bonds is 7. The molecule has 0 saturated heterocycles. The molecule has 2 N–H and O–H groups in total. The van der Waals surface area contributed by atoms with Crippen LogP contribution < -0.4 is 20.7 Å². The summed E-state index contributed by atoms with van der Waals surface area (Å²) < 4.78 is 20.9. The lowest BCUT2D eigenvalue weighted by atomic mass is 10.1.